The van der Waals surface area contributed by atoms with Crippen molar-refractivity contribution in [3.8, 4) is 0 Å². The van der Waals surface area contributed by atoms with Gasteiger partial charge in [-0.3, -0.25) is 19.4 Å². The molecule has 5 nitrogen and oxygen atoms in total. The fourth-order valence-corrected chi connectivity index (χ4v) is 3.69. The third kappa shape index (κ3) is 3.84. The second kappa shape index (κ2) is 7.45. The molecule has 2 aliphatic rings. The van der Waals surface area contributed by atoms with Gasteiger partial charge in [0.25, 0.3) is 0 Å². The van der Waals surface area contributed by atoms with Gasteiger partial charge in [0.2, 0.25) is 11.8 Å². The largest absolute Gasteiger partial charge is 0.314 e. The van der Waals surface area contributed by atoms with Gasteiger partial charge < -0.3 is 5.32 Å². The standard InChI is InChI=1S/C19H27N3O2/c1-14-10-15(2)17(13-21-8-6-20-7-9-21)16(11-14)12-22-18(23)4-3-5-19(22)24/h10-11,20H,3-9,12-13H2,1-2H3. The van der Waals surface area contributed by atoms with Gasteiger partial charge in [-0.05, 0) is 37.0 Å². The maximum Gasteiger partial charge on any atom is 0.229 e. The molecule has 0 radical (unpaired) electrons. The van der Waals surface area contributed by atoms with E-state index in [0.29, 0.717) is 25.8 Å². The molecule has 0 unspecified atom stereocenters. The number of carbonyl (C=O) groups excluding carboxylic acids is 2. The Kier molecular flexibility index (Phi) is 5.31. The van der Waals surface area contributed by atoms with E-state index in [9.17, 15) is 9.59 Å². The highest BCUT2D eigenvalue weighted by molar-refractivity contribution is 5.97. The van der Waals surface area contributed by atoms with Crippen molar-refractivity contribution < 1.29 is 9.59 Å². The Labute approximate surface area is 144 Å². The molecule has 2 heterocycles. The third-order valence-corrected chi connectivity index (χ3v) is 5.01. The SMILES string of the molecule is Cc1cc(C)c(CN2CCNCC2)c(CN2C(=O)CCCC2=O)c1. The molecule has 0 spiro atoms. The Morgan fingerprint density at radius 3 is 2.33 bits per heavy atom. The smallest absolute Gasteiger partial charge is 0.229 e. The molecule has 0 aliphatic carbocycles. The number of imide groups is 1. The zero-order valence-electron chi connectivity index (χ0n) is 14.7. The number of piperidine rings is 1. The van der Waals surface area contributed by atoms with Crippen molar-refractivity contribution in [3.05, 3.63) is 34.4 Å². The number of hydrogen-bond acceptors (Lipinski definition) is 4. The lowest BCUT2D eigenvalue weighted by Gasteiger charge is -2.30. The van der Waals surface area contributed by atoms with Gasteiger partial charge in [0.1, 0.15) is 0 Å². The average molecular weight is 329 g/mol. The molecular formula is C19H27N3O2. The molecule has 2 amide bonds. The highest BCUT2D eigenvalue weighted by atomic mass is 16.2. The first kappa shape index (κ1) is 17.1. The quantitative estimate of drug-likeness (QED) is 0.855. The zero-order valence-corrected chi connectivity index (χ0v) is 14.7. The summed E-state index contributed by atoms with van der Waals surface area (Å²) in [5, 5.41) is 3.38. The Morgan fingerprint density at radius 1 is 1.00 bits per heavy atom. The van der Waals surface area contributed by atoms with Crippen molar-refractivity contribution in [2.24, 2.45) is 0 Å². The second-order valence-electron chi connectivity index (χ2n) is 6.97. The molecule has 1 N–H and O–H groups in total. The number of aryl methyl sites for hydroxylation is 2. The van der Waals surface area contributed by atoms with Crippen LogP contribution in [0.5, 0.6) is 0 Å². The highest BCUT2D eigenvalue weighted by Gasteiger charge is 2.27. The van der Waals surface area contributed by atoms with E-state index in [-0.39, 0.29) is 11.8 Å². The molecule has 2 aliphatic heterocycles. The molecule has 0 atom stereocenters. The normalized spacial score (nSPS) is 19.8. The molecule has 0 saturated carbocycles. The topological polar surface area (TPSA) is 52.6 Å². The molecule has 5 heteroatoms. The van der Waals surface area contributed by atoms with E-state index >= 15 is 0 Å². The van der Waals surface area contributed by atoms with Crippen molar-refractivity contribution in [1.29, 1.82) is 0 Å². The molecule has 24 heavy (non-hydrogen) atoms. The van der Waals surface area contributed by atoms with E-state index in [1.807, 2.05) is 0 Å². The van der Waals surface area contributed by atoms with Crippen LogP contribution in [0.15, 0.2) is 12.1 Å². The van der Waals surface area contributed by atoms with Crippen molar-refractivity contribution in [3.63, 3.8) is 0 Å². The van der Waals surface area contributed by atoms with Crippen LogP contribution in [0.25, 0.3) is 0 Å². The summed E-state index contributed by atoms with van der Waals surface area (Å²) in [5.74, 6) is -0.0583. The molecule has 2 saturated heterocycles. The van der Waals surface area contributed by atoms with Crippen LogP contribution in [0.2, 0.25) is 0 Å². The van der Waals surface area contributed by atoms with E-state index < -0.39 is 0 Å². The van der Waals surface area contributed by atoms with Crippen LogP contribution in [0.3, 0.4) is 0 Å². The van der Waals surface area contributed by atoms with Gasteiger partial charge in [-0.1, -0.05) is 17.7 Å². The van der Waals surface area contributed by atoms with Crippen molar-refractivity contribution in [1.82, 2.24) is 15.1 Å². The molecule has 130 valence electrons. The van der Waals surface area contributed by atoms with Crippen LogP contribution in [-0.4, -0.2) is 47.8 Å². The molecule has 1 aromatic carbocycles. The predicted octanol–water partition coefficient (Wildman–Crippen LogP) is 1.75. The van der Waals surface area contributed by atoms with Gasteiger partial charge >= 0.3 is 0 Å². The number of amides is 2. The number of rotatable bonds is 4. The minimum Gasteiger partial charge on any atom is -0.314 e. The van der Waals surface area contributed by atoms with Crippen LogP contribution in [0.1, 0.15) is 41.5 Å². The molecule has 0 bridgehead atoms. The van der Waals surface area contributed by atoms with Gasteiger partial charge in [-0.15, -0.1) is 0 Å². The number of benzene rings is 1. The maximum absolute atomic E-state index is 12.2. The fourth-order valence-electron chi connectivity index (χ4n) is 3.69. The van der Waals surface area contributed by atoms with E-state index in [1.165, 1.54) is 21.6 Å². The summed E-state index contributed by atoms with van der Waals surface area (Å²) in [6.45, 7) is 9.62. The monoisotopic (exact) mass is 329 g/mol. The number of nitrogens with zero attached hydrogens (tertiary/aromatic N) is 2. The van der Waals surface area contributed by atoms with Crippen LogP contribution in [0, 0.1) is 13.8 Å². The van der Waals surface area contributed by atoms with E-state index in [4.69, 9.17) is 0 Å². The van der Waals surface area contributed by atoms with Crippen LogP contribution in [-0.2, 0) is 22.7 Å². The van der Waals surface area contributed by atoms with E-state index in [2.05, 4.69) is 36.2 Å². The van der Waals surface area contributed by atoms with Gasteiger partial charge in [-0.25, -0.2) is 0 Å². The summed E-state index contributed by atoms with van der Waals surface area (Å²) in [6.07, 6.45) is 1.67. The van der Waals surface area contributed by atoms with Crippen molar-refractivity contribution in [2.45, 2.75) is 46.2 Å². The molecule has 2 fully saturated rings. The third-order valence-electron chi connectivity index (χ3n) is 5.01. The summed E-state index contributed by atoms with van der Waals surface area (Å²) in [6, 6.07) is 4.33. The Morgan fingerprint density at radius 2 is 1.67 bits per heavy atom. The second-order valence-corrected chi connectivity index (χ2v) is 6.97. The van der Waals surface area contributed by atoms with Crippen LogP contribution >= 0.6 is 0 Å². The summed E-state index contributed by atoms with van der Waals surface area (Å²) >= 11 is 0. The Bertz CT molecular complexity index is 620. The summed E-state index contributed by atoms with van der Waals surface area (Å²) in [4.78, 5) is 28.2. The fraction of sp³-hybridized carbons (Fsp3) is 0.579. The zero-order chi connectivity index (χ0) is 17.1. The highest BCUT2D eigenvalue weighted by Crippen LogP contribution is 2.23. The van der Waals surface area contributed by atoms with Gasteiger partial charge in [0, 0.05) is 45.6 Å². The molecule has 0 aromatic heterocycles. The molecule has 1 aromatic rings. The molecular weight excluding hydrogens is 302 g/mol. The lowest BCUT2D eigenvalue weighted by Crippen LogP contribution is -2.43. The van der Waals surface area contributed by atoms with Crippen molar-refractivity contribution in [2.75, 3.05) is 26.2 Å². The lowest BCUT2D eigenvalue weighted by molar-refractivity contribution is -0.148. The average Bonchev–Trinajstić information content (AvgIpc) is 2.55. The number of hydrogen-bond donors (Lipinski definition) is 1. The minimum atomic E-state index is -0.0291. The summed E-state index contributed by atoms with van der Waals surface area (Å²) in [5.41, 5.74) is 4.83. The number of likely N-dealkylation sites (tertiary alicyclic amines) is 1. The van der Waals surface area contributed by atoms with Crippen LogP contribution in [0.4, 0.5) is 0 Å². The van der Waals surface area contributed by atoms with Gasteiger partial charge in [0.05, 0.1) is 6.54 Å². The molecule has 3 rings (SSSR count). The van der Waals surface area contributed by atoms with Crippen molar-refractivity contribution >= 4 is 11.8 Å². The Balaban J connectivity index is 1.85. The Hall–Kier alpha value is -1.72. The minimum absolute atomic E-state index is 0.0291. The first-order chi connectivity index (χ1) is 11.5. The summed E-state index contributed by atoms with van der Waals surface area (Å²) in [7, 11) is 0. The maximum atomic E-state index is 12.2. The van der Waals surface area contributed by atoms with E-state index in [1.54, 1.807) is 0 Å². The van der Waals surface area contributed by atoms with Gasteiger partial charge in [0.15, 0.2) is 0 Å². The predicted molar refractivity (Wildman–Crippen MR) is 93.5 cm³/mol. The number of nitrogens with one attached hydrogen (secondary N) is 1. The summed E-state index contributed by atoms with van der Waals surface area (Å²) < 4.78 is 0. The van der Waals surface area contributed by atoms with Gasteiger partial charge in [-0.2, -0.15) is 0 Å². The first-order valence-electron chi connectivity index (χ1n) is 8.90. The first-order valence-corrected chi connectivity index (χ1v) is 8.90. The number of carbonyl (C=O) groups is 2. The lowest BCUT2D eigenvalue weighted by atomic mass is 9.96. The number of piperazine rings is 1. The van der Waals surface area contributed by atoms with Crippen LogP contribution < -0.4 is 5.32 Å². The van der Waals surface area contributed by atoms with E-state index in [0.717, 1.165) is 38.3 Å².